The van der Waals surface area contributed by atoms with Crippen LogP contribution in [0.2, 0.25) is 0 Å². The Balaban J connectivity index is 1.25. The molecule has 3 aromatic carbocycles. The smallest absolute Gasteiger partial charge is 0.328 e. The number of likely N-dealkylation sites (tertiary alicyclic amines) is 1. The van der Waals surface area contributed by atoms with Crippen LogP contribution in [0.3, 0.4) is 0 Å². The first-order valence-electron chi connectivity index (χ1n) is 15.6. The number of aliphatic hydroxyl groups excluding tert-OH is 1. The van der Waals surface area contributed by atoms with Gasteiger partial charge in [-0.15, -0.1) is 5.10 Å². The molecule has 1 aliphatic rings. The number of benzene rings is 3. The molecule has 0 saturated carbocycles. The van der Waals surface area contributed by atoms with Gasteiger partial charge in [-0.25, -0.2) is 9.48 Å². The Morgan fingerprint density at radius 3 is 2.43 bits per heavy atom. The first-order valence-corrected chi connectivity index (χ1v) is 15.6. The Labute approximate surface area is 269 Å². The number of aryl methyl sites for hydroxylation is 1. The van der Waals surface area contributed by atoms with Gasteiger partial charge in [-0.2, -0.15) is 0 Å². The van der Waals surface area contributed by atoms with Gasteiger partial charge in [-0.05, 0) is 67.9 Å². The van der Waals surface area contributed by atoms with Crippen LogP contribution in [0.4, 0.5) is 0 Å². The number of carbonyl (C=O) groups is 2. The van der Waals surface area contributed by atoms with Crippen molar-refractivity contribution >= 4 is 18.1 Å². The van der Waals surface area contributed by atoms with Crippen LogP contribution in [0.1, 0.15) is 83.2 Å². The molecule has 2 heterocycles. The highest BCUT2D eigenvalue weighted by atomic mass is 16.6. The van der Waals surface area contributed by atoms with E-state index < -0.39 is 18.1 Å². The van der Waals surface area contributed by atoms with E-state index in [1.807, 2.05) is 68.4 Å². The van der Waals surface area contributed by atoms with Gasteiger partial charge in [0.05, 0.1) is 38.2 Å². The Bertz CT molecular complexity index is 1620. The lowest BCUT2D eigenvalue weighted by Gasteiger charge is -2.44. The molecule has 46 heavy (non-hydrogen) atoms. The number of amides is 1. The summed E-state index contributed by atoms with van der Waals surface area (Å²) in [6.45, 7) is 5.89. The van der Waals surface area contributed by atoms with Crippen molar-refractivity contribution in [3.05, 3.63) is 119 Å². The summed E-state index contributed by atoms with van der Waals surface area (Å²) in [6, 6.07) is 23.9. The second kappa shape index (κ2) is 15.0. The average Bonchev–Trinajstić information content (AvgIpc) is 3.58. The summed E-state index contributed by atoms with van der Waals surface area (Å²) in [4.78, 5) is 34.2. The molecule has 1 aliphatic heterocycles. The molecule has 5 rings (SSSR count). The number of carbonyl (C=O) groups excluding carboxylic acids is 2. The van der Waals surface area contributed by atoms with Crippen molar-refractivity contribution in [2.75, 3.05) is 13.7 Å². The van der Waals surface area contributed by atoms with Crippen LogP contribution in [0.25, 0.3) is 0 Å². The zero-order chi connectivity index (χ0) is 32.6. The standard InChI is InChI=1S/C36H41N5O5/c1-24-10-15-29(16-11-24)34-25(2)12-19-33(36(44)45-4)41(34)35(43)30-17-13-28(14-18-30)21-37-46-26(3)32-22-40(39-38-32)31(23-42)20-27-8-6-5-7-9-27/h5-11,13-18,21-22,25-26,31,33-34,42H,12,19-20,23H2,1-4H3/b37-21-/t25-,26-,31-,33-,34-/m0/s1. The first kappa shape index (κ1) is 32.6. The molecule has 10 nitrogen and oxygen atoms in total. The lowest BCUT2D eigenvalue weighted by atomic mass is 9.82. The largest absolute Gasteiger partial charge is 0.467 e. The van der Waals surface area contributed by atoms with Crippen molar-refractivity contribution in [2.24, 2.45) is 11.1 Å². The van der Waals surface area contributed by atoms with E-state index in [4.69, 9.17) is 9.57 Å². The lowest BCUT2D eigenvalue weighted by molar-refractivity contribution is -0.149. The normalized spacial score (nSPS) is 19.5. The molecular weight excluding hydrogens is 582 g/mol. The number of aliphatic hydroxyl groups is 1. The topological polar surface area (TPSA) is 119 Å². The highest BCUT2D eigenvalue weighted by Crippen LogP contribution is 2.40. The summed E-state index contributed by atoms with van der Waals surface area (Å²) in [5, 5.41) is 22.5. The fourth-order valence-electron chi connectivity index (χ4n) is 5.95. The number of hydrogen-bond donors (Lipinski definition) is 1. The number of oxime groups is 1. The molecule has 0 radical (unpaired) electrons. The minimum atomic E-state index is -0.667. The van der Waals surface area contributed by atoms with E-state index in [1.54, 1.807) is 46.3 Å². The summed E-state index contributed by atoms with van der Waals surface area (Å²) < 4.78 is 6.77. The van der Waals surface area contributed by atoms with E-state index in [-0.39, 0.29) is 30.5 Å². The maximum absolute atomic E-state index is 14.0. The molecule has 5 atom stereocenters. The van der Waals surface area contributed by atoms with Crippen molar-refractivity contribution in [1.82, 2.24) is 19.9 Å². The maximum atomic E-state index is 14.0. The van der Waals surface area contributed by atoms with Crippen LogP contribution in [0, 0.1) is 12.8 Å². The number of ether oxygens (including phenoxy) is 1. The van der Waals surface area contributed by atoms with Crippen molar-refractivity contribution in [2.45, 2.75) is 64.3 Å². The first-order chi connectivity index (χ1) is 22.3. The minimum Gasteiger partial charge on any atom is -0.467 e. The van der Waals surface area contributed by atoms with Crippen LogP contribution in [0.15, 0.2) is 90.2 Å². The zero-order valence-corrected chi connectivity index (χ0v) is 26.7. The molecule has 4 aromatic rings. The lowest BCUT2D eigenvalue weighted by Crippen LogP contribution is -2.52. The van der Waals surface area contributed by atoms with Crippen LogP contribution < -0.4 is 0 Å². The average molecular weight is 624 g/mol. The predicted octanol–water partition coefficient (Wildman–Crippen LogP) is 5.63. The number of rotatable bonds is 11. The Morgan fingerprint density at radius 1 is 1.04 bits per heavy atom. The number of nitrogens with zero attached hydrogens (tertiary/aromatic N) is 5. The summed E-state index contributed by atoms with van der Waals surface area (Å²) in [5.41, 5.74) is 5.02. The van der Waals surface area contributed by atoms with Gasteiger partial charge in [-0.1, -0.05) is 89.6 Å². The third-order valence-corrected chi connectivity index (χ3v) is 8.62. The van der Waals surface area contributed by atoms with Crippen LogP contribution in [-0.4, -0.2) is 62.8 Å². The molecule has 1 aromatic heterocycles. The molecule has 1 amide bonds. The SMILES string of the molecule is COC(=O)[C@@H]1CC[C@H](C)[C@@H](c2ccc(C)cc2)N1C(=O)c1ccc(/C=N\O[C@@H](C)c2cn([C@H](CO)Cc3ccccc3)nn2)cc1. The fraction of sp³-hybridized carbons (Fsp3) is 0.361. The van der Waals surface area contributed by atoms with E-state index in [0.717, 1.165) is 28.7 Å². The van der Waals surface area contributed by atoms with Gasteiger partial charge in [0.2, 0.25) is 0 Å². The summed E-state index contributed by atoms with van der Waals surface area (Å²) in [7, 11) is 1.36. The number of methoxy groups -OCH3 is 1. The Kier molecular flexibility index (Phi) is 10.6. The van der Waals surface area contributed by atoms with Gasteiger partial charge in [0.15, 0.2) is 6.10 Å². The van der Waals surface area contributed by atoms with E-state index in [0.29, 0.717) is 24.1 Å². The monoisotopic (exact) mass is 623 g/mol. The molecule has 240 valence electrons. The van der Waals surface area contributed by atoms with Crippen molar-refractivity contribution < 1.29 is 24.3 Å². The van der Waals surface area contributed by atoms with Gasteiger partial charge < -0.3 is 19.6 Å². The van der Waals surface area contributed by atoms with Crippen molar-refractivity contribution in [3.63, 3.8) is 0 Å². The fourth-order valence-corrected chi connectivity index (χ4v) is 5.95. The number of hydrogen-bond acceptors (Lipinski definition) is 8. The number of esters is 1. The molecule has 10 heteroatoms. The van der Waals surface area contributed by atoms with Gasteiger partial charge in [0.25, 0.3) is 5.91 Å². The molecule has 1 saturated heterocycles. The minimum absolute atomic E-state index is 0.0731. The summed E-state index contributed by atoms with van der Waals surface area (Å²) in [6.07, 6.45) is 4.83. The molecular formula is C36H41N5O5. The van der Waals surface area contributed by atoms with Crippen molar-refractivity contribution in [3.8, 4) is 0 Å². The quantitative estimate of drug-likeness (QED) is 0.131. The summed E-state index contributed by atoms with van der Waals surface area (Å²) in [5.74, 6) is -0.467. The van der Waals surface area contributed by atoms with Crippen LogP contribution in [-0.2, 0) is 20.8 Å². The van der Waals surface area contributed by atoms with Gasteiger partial charge in [0.1, 0.15) is 11.7 Å². The van der Waals surface area contributed by atoms with E-state index in [2.05, 4.69) is 22.4 Å². The third-order valence-electron chi connectivity index (χ3n) is 8.62. The van der Waals surface area contributed by atoms with E-state index in [1.165, 1.54) is 7.11 Å². The molecule has 0 unspecified atom stereocenters. The van der Waals surface area contributed by atoms with Crippen LogP contribution in [0.5, 0.6) is 0 Å². The van der Waals surface area contributed by atoms with E-state index in [9.17, 15) is 14.7 Å². The highest BCUT2D eigenvalue weighted by molar-refractivity contribution is 5.98. The Morgan fingerprint density at radius 2 is 1.76 bits per heavy atom. The van der Waals surface area contributed by atoms with E-state index >= 15 is 0 Å². The second-order valence-electron chi connectivity index (χ2n) is 11.9. The molecule has 1 fully saturated rings. The molecule has 0 bridgehead atoms. The van der Waals surface area contributed by atoms with Gasteiger partial charge in [-0.3, -0.25) is 4.79 Å². The van der Waals surface area contributed by atoms with Gasteiger partial charge >= 0.3 is 5.97 Å². The number of piperidine rings is 1. The third kappa shape index (κ3) is 7.51. The second-order valence-corrected chi connectivity index (χ2v) is 11.9. The molecule has 0 aliphatic carbocycles. The summed E-state index contributed by atoms with van der Waals surface area (Å²) >= 11 is 0. The maximum Gasteiger partial charge on any atom is 0.328 e. The van der Waals surface area contributed by atoms with Gasteiger partial charge in [0, 0.05) is 5.56 Å². The zero-order valence-electron chi connectivity index (χ0n) is 26.7. The predicted molar refractivity (Wildman–Crippen MR) is 174 cm³/mol. The molecule has 0 spiro atoms. The Hall–Kier alpha value is -4.83. The highest BCUT2D eigenvalue weighted by Gasteiger charge is 2.43. The van der Waals surface area contributed by atoms with Crippen LogP contribution >= 0.6 is 0 Å². The van der Waals surface area contributed by atoms with Crippen molar-refractivity contribution in [1.29, 1.82) is 0 Å². The molecule has 1 N–H and O–H groups in total. The number of aromatic nitrogens is 3.